The molecule has 0 spiro atoms. The second-order valence-electron chi connectivity index (χ2n) is 1.45. The van der Waals surface area contributed by atoms with Crippen LogP contribution in [0.15, 0.2) is 11.4 Å². The summed E-state index contributed by atoms with van der Waals surface area (Å²) < 4.78 is 6.92. The number of hydrogen-bond acceptors (Lipinski definition) is 2. The molecule has 0 amide bonds. The van der Waals surface area contributed by atoms with Gasteiger partial charge in [-0.05, 0) is 0 Å². The van der Waals surface area contributed by atoms with Crippen molar-refractivity contribution in [3.8, 4) is 5.88 Å². The minimum Gasteiger partial charge on any atom is -0.447 e. The van der Waals surface area contributed by atoms with Gasteiger partial charge in [-0.2, -0.15) is 0 Å². The topological polar surface area (TPSA) is 13.1 Å². The van der Waals surface area contributed by atoms with Crippen LogP contribution in [0.3, 0.4) is 0 Å². The third kappa shape index (κ3) is 0.816. The van der Waals surface area contributed by atoms with Crippen LogP contribution in [0, 0.1) is 0 Å². The second-order valence-corrected chi connectivity index (χ2v) is 2.48. The molecule has 0 aliphatic carbocycles. The molecule has 3 heteroatoms. The Morgan fingerprint density at radius 1 is 1.75 bits per heavy atom. The van der Waals surface area contributed by atoms with E-state index in [9.17, 15) is 0 Å². The van der Waals surface area contributed by atoms with Gasteiger partial charge in [0.1, 0.15) is 11.5 Å². The molecule has 0 aliphatic heterocycles. The number of aryl methyl sites for hydroxylation is 1. The van der Waals surface area contributed by atoms with E-state index in [1.54, 1.807) is 18.6 Å². The maximum atomic E-state index is 4.96. The van der Waals surface area contributed by atoms with Gasteiger partial charge in [-0.15, -0.1) is 3.96 Å². The van der Waals surface area contributed by atoms with Gasteiger partial charge >= 0.3 is 5.88 Å². The Morgan fingerprint density at radius 3 is 2.75 bits per heavy atom. The van der Waals surface area contributed by atoms with Crippen LogP contribution in [0.25, 0.3) is 0 Å². The summed E-state index contributed by atoms with van der Waals surface area (Å²) in [6.07, 6.45) is 0. The zero-order valence-corrected chi connectivity index (χ0v) is 5.73. The third-order valence-corrected chi connectivity index (χ3v) is 1.70. The molecule has 0 unspecified atom stereocenters. The van der Waals surface area contributed by atoms with Gasteiger partial charge in [-0.1, -0.05) is 0 Å². The Labute approximate surface area is 52.5 Å². The highest BCUT2D eigenvalue weighted by atomic mass is 32.1. The van der Waals surface area contributed by atoms with Crippen molar-refractivity contribution in [3.63, 3.8) is 0 Å². The number of methoxy groups -OCH3 is 1. The molecule has 0 aromatic carbocycles. The van der Waals surface area contributed by atoms with Crippen molar-refractivity contribution in [1.82, 2.24) is 0 Å². The SMILES string of the molecule is COc1ccs[n+]1C. The van der Waals surface area contributed by atoms with Crippen LogP contribution in [0.2, 0.25) is 0 Å². The minimum absolute atomic E-state index is 0.912. The molecule has 1 heterocycles. The van der Waals surface area contributed by atoms with E-state index in [0.717, 1.165) is 5.88 Å². The lowest BCUT2D eigenvalue weighted by atomic mass is 10.7. The number of rotatable bonds is 1. The van der Waals surface area contributed by atoms with Gasteiger partial charge < -0.3 is 4.74 Å². The van der Waals surface area contributed by atoms with E-state index in [2.05, 4.69) is 0 Å². The fourth-order valence-electron chi connectivity index (χ4n) is 0.533. The molecular formula is C5H8NOS+. The maximum Gasteiger partial charge on any atom is 0.381 e. The van der Waals surface area contributed by atoms with Crippen LogP contribution in [-0.2, 0) is 7.05 Å². The number of hydrogen-bond donors (Lipinski definition) is 0. The first-order valence-electron chi connectivity index (χ1n) is 2.32. The molecule has 0 bridgehead atoms. The highest BCUT2D eigenvalue weighted by molar-refractivity contribution is 6.99. The van der Waals surface area contributed by atoms with Gasteiger partial charge in [0.2, 0.25) is 0 Å². The smallest absolute Gasteiger partial charge is 0.381 e. The molecular weight excluding hydrogens is 122 g/mol. The minimum atomic E-state index is 0.912. The zero-order chi connectivity index (χ0) is 5.98. The van der Waals surface area contributed by atoms with Crippen molar-refractivity contribution in [2.75, 3.05) is 7.11 Å². The number of nitrogens with zero attached hydrogens (tertiary/aromatic N) is 1. The van der Waals surface area contributed by atoms with Crippen molar-refractivity contribution in [1.29, 1.82) is 0 Å². The van der Waals surface area contributed by atoms with E-state index in [1.807, 2.05) is 22.5 Å². The molecule has 0 saturated carbocycles. The van der Waals surface area contributed by atoms with E-state index in [-0.39, 0.29) is 0 Å². The fourth-order valence-corrected chi connectivity index (χ4v) is 1.13. The molecule has 1 rings (SSSR count). The predicted octanol–water partition coefficient (Wildman–Crippen LogP) is 0.581. The zero-order valence-electron chi connectivity index (χ0n) is 4.92. The van der Waals surface area contributed by atoms with E-state index in [4.69, 9.17) is 4.74 Å². The molecule has 0 fully saturated rings. The van der Waals surface area contributed by atoms with Gasteiger partial charge in [-0.25, -0.2) is 0 Å². The molecule has 2 nitrogen and oxygen atoms in total. The average molecular weight is 130 g/mol. The van der Waals surface area contributed by atoms with Gasteiger partial charge in [0.15, 0.2) is 7.05 Å². The van der Waals surface area contributed by atoms with E-state index >= 15 is 0 Å². The molecule has 8 heavy (non-hydrogen) atoms. The summed E-state index contributed by atoms with van der Waals surface area (Å²) in [7, 11) is 3.63. The second kappa shape index (κ2) is 2.13. The molecule has 0 N–H and O–H groups in total. The summed E-state index contributed by atoms with van der Waals surface area (Å²) in [5.74, 6) is 0.912. The first-order valence-corrected chi connectivity index (χ1v) is 3.16. The van der Waals surface area contributed by atoms with Crippen LogP contribution in [0.5, 0.6) is 5.88 Å². The standard InChI is InChI=1S/C5H8NOS/c1-6-5(7-2)3-4-8-6/h3-4H,1-2H3/q+1. The van der Waals surface area contributed by atoms with Crippen molar-refractivity contribution >= 4 is 11.5 Å². The maximum absolute atomic E-state index is 4.96. The fraction of sp³-hybridized carbons (Fsp3) is 0.400. The number of ether oxygens (including phenoxy) is 1. The van der Waals surface area contributed by atoms with Crippen molar-refractivity contribution in [2.45, 2.75) is 0 Å². The van der Waals surface area contributed by atoms with Gasteiger partial charge in [0, 0.05) is 0 Å². The van der Waals surface area contributed by atoms with Crippen LogP contribution in [-0.4, -0.2) is 7.11 Å². The van der Waals surface area contributed by atoms with Crippen LogP contribution < -0.4 is 8.69 Å². The largest absolute Gasteiger partial charge is 0.447 e. The molecule has 0 atom stereocenters. The lowest BCUT2D eigenvalue weighted by Gasteiger charge is -1.84. The summed E-state index contributed by atoms with van der Waals surface area (Å²) in [5.41, 5.74) is 0. The third-order valence-electron chi connectivity index (χ3n) is 0.949. The first-order chi connectivity index (χ1) is 3.84. The normalized spacial score (nSPS) is 9.25. The van der Waals surface area contributed by atoms with Gasteiger partial charge in [0.05, 0.1) is 18.6 Å². The quantitative estimate of drug-likeness (QED) is 0.507. The van der Waals surface area contributed by atoms with E-state index in [1.165, 1.54) is 0 Å². The Kier molecular flexibility index (Phi) is 1.48. The molecule has 0 aliphatic rings. The molecule has 1 aromatic heterocycles. The average Bonchev–Trinajstić information content (AvgIpc) is 2.14. The molecule has 0 radical (unpaired) electrons. The molecule has 1 aromatic rings. The van der Waals surface area contributed by atoms with Crippen molar-refractivity contribution < 1.29 is 8.69 Å². The Morgan fingerprint density at radius 2 is 2.50 bits per heavy atom. The van der Waals surface area contributed by atoms with Crippen LogP contribution in [0.1, 0.15) is 0 Å². The van der Waals surface area contributed by atoms with Gasteiger partial charge in [0.25, 0.3) is 0 Å². The van der Waals surface area contributed by atoms with Crippen molar-refractivity contribution in [2.24, 2.45) is 7.05 Å². The summed E-state index contributed by atoms with van der Waals surface area (Å²) in [4.78, 5) is 0. The summed E-state index contributed by atoms with van der Waals surface area (Å²) in [6.45, 7) is 0. The highest BCUT2D eigenvalue weighted by Crippen LogP contribution is 2.02. The Balaban J connectivity index is 2.92. The lowest BCUT2D eigenvalue weighted by molar-refractivity contribution is -0.607. The molecule has 0 saturated heterocycles. The monoisotopic (exact) mass is 130 g/mol. The first kappa shape index (κ1) is 5.56. The van der Waals surface area contributed by atoms with Crippen LogP contribution >= 0.6 is 11.5 Å². The van der Waals surface area contributed by atoms with E-state index in [0.29, 0.717) is 0 Å². The van der Waals surface area contributed by atoms with Crippen LogP contribution in [0.4, 0.5) is 0 Å². The summed E-state index contributed by atoms with van der Waals surface area (Å²) >= 11 is 1.62. The Bertz CT molecular complexity index is 173. The molecule has 44 valence electrons. The van der Waals surface area contributed by atoms with Gasteiger partial charge in [-0.3, -0.25) is 0 Å². The predicted molar refractivity (Wildman–Crippen MR) is 32.0 cm³/mol. The highest BCUT2D eigenvalue weighted by Gasteiger charge is 2.04. The van der Waals surface area contributed by atoms with Crippen molar-refractivity contribution in [3.05, 3.63) is 11.4 Å². The lowest BCUT2D eigenvalue weighted by Crippen LogP contribution is -2.22. The summed E-state index contributed by atoms with van der Waals surface area (Å²) in [5, 5.41) is 1.98. The van der Waals surface area contributed by atoms with E-state index < -0.39 is 0 Å². The number of aromatic nitrogens is 1. The summed E-state index contributed by atoms with van der Waals surface area (Å²) in [6, 6.07) is 1.94. The Hall–Kier alpha value is -0.570.